The number of phenolic OH excluding ortho intramolecular Hbond substituents is 1. The quantitative estimate of drug-likeness (QED) is 0.722. The van der Waals surface area contributed by atoms with E-state index in [2.05, 4.69) is 9.97 Å². The van der Waals surface area contributed by atoms with Crippen molar-refractivity contribution < 1.29 is 5.11 Å². The first-order chi connectivity index (χ1) is 9.56. The third-order valence-electron chi connectivity index (χ3n) is 2.90. The number of nitrogens with zero attached hydrogens (tertiary/aromatic N) is 1. The van der Waals surface area contributed by atoms with Crippen molar-refractivity contribution in [3.63, 3.8) is 0 Å². The molecule has 0 bridgehead atoms. The number of rotatable bonds is 1. The van der Waals surface area contributed by atoms with Gasteiger partial charge in [0.05, 0.1) is 21.5 Å². The minimum Gasteiger partial charge on any atom is -0.506 e. The molecule has 0 spiro atoms. The summed E-state index contributed by atoms with van der Waals surface area (Å²) >= 11 is 11.8. The molecule has 0 aliphatic heterocycles. The number of para-hydroxylation sites is 1. The number of phenols is 1. The molecule has 3 aromatic rings. The van der Waals surface area contributed by atoms with Gasteiger partial charge in [-0.15, -0.1) is 0 Å². The van der Waals surface area contributed by atoms with Gasteiger partial charge in [-0.05, 0) is 24.3 Å². The van der Waals surface area contributed by atoms with Gasteiger partial charge >= 0.3 is 0 Å². The smallest absolute Gasteiger partial charge is 0.259 e. The molecule has 0 amide bonds. The minimum atomic E-state index is -0.291. The molecule has 2 aromatic carbocycles. The van der Waals surface area contributed by atoms with Crippen LogP contribution in [0.25, 0.3) is 22.3 Å². The highest BCUT2D eigenvalue weighted by atomic mass is 35.5. The molecule has 6 heteroatoms. The third-order valence-corrected chi connectivity index (χ3v) is 3.40. The van der Waals surface area contributed by atoms with Crippen LogP contribution in [0.5, 0.6) is 5.75 Å². The molecule has 3 rings (SSSR count). The fourth-order valence-electron chi connectivity index (χ4n) is 1.96. The van der Waals surface area contributed by atoms with E-state index < -0.39 is 0 Å². The van der Waals surface area contributed by atoms with Crippen LogP contribution >= 0.6 is 23.2 Å². The predicted molar refractivity (Wildman–Crippen MR) is 79.5 cm³/mol. The Morgan fingerprint density at radius 1 is 1.15 bits per heavy atom. The predicted octanol–water partition coefficient (Wildman–Crippen LogP) is 3.60. The molecule has 0 radical (unpaired) electrons. The zero-order chi connectivity index (χ0) is 14.3. The van der Waals surface area contributed by atoms with E-state index in [4.69, 9.17) is 23.2 Å². The molecule has 0 aliphatic carbocycles. The Balaban J connectivity index is 2.33. The van der Waals surface area contributed by atoms with Gasteiger partial charge in [-0.1, -0.05) is 35.3 Å². The Kier molecular flexibility index (Phi) is 3.12. The Morgan fingerprint density at radius 2 is 1.90 bits per heavy atom. The molecule has 0 unspecified atom stereocenters. The van der Waals surface area contributed by atoms with Crippen molar-refractivity contribution in [2.75, 3.05) is 0 Å². The Labute approximate surface area is 123 Å². The standard InChI is InChI=1S/C14H8Cl2N2O2/c15-7-5-9(12(19)10(16)6-7)13-17-11-4-2-1-3-8(11)14(20)18-13/h1-6,19H,(H,17,18,20). The average molecular weight is 307 g/mol. The fraction of sp³-hybridized carbons (Fsp3) is 0. The lowest BCUT2D eigenvalue weighted by Gasteiger charge is -2.07. The summed E-state index contributed by atoms with van der Waals surface area (Å²) in [6.45, 7) is 0. The maximum Gasteiger partial charge on any atom is 0.259 e. The van der Waals surface area contributed by atoms with Crippen LogP contribution in [0.3, 0.4) is 0 Å². The summed E-state index contributed by atoms with van der Waals surface area (Å²) in [5.41, 5.74) is 0.521. The number of nitrogens with one attached hydrogen (secondary N) is 1. The second-order valence-corrected chi connectivity index (χ2v) is 5.06. The topological polar surface area (TPSA) is 66.0 Å². The monoisotopic (exact) mass is 306 g/mol. The number of halogens is 2. The normalized spacial score (nSPS) is 10.9. The van der Waals surface area contributed by atoms with Crippen LogP contribution < -0.4 is 5.56 Å². The summed E-state index contributed by atoms with van der Waals surface area (Å²) in [6.07, 6.45) is 0. The van der Waals surface area contributed by atoms with Crippen LogP contribution in [0.1, 0.15) is 0 Å². The van der Waals surface area contributed by atoms with Crippen LogP contribution in [-0.2, 0) is 0 Å². The van der Waals surface area contributed by atoms with Gasteiger partial charge in [0.15, 0.2) is 0 Å². The average Bonchev–Trinajstić information content (AvgIpc) is 2.43. The first-order valence-corrected chi connectivity index (χ1v) is 6.49. The van der Waals surface area contributed by atoms with Crippen molar-refractivity contribution in [2.45, 2.75) is 0 Å². The van der Waals surface area contributed by atoms with E-state index in [1.807, 2.05) is 0 Å². The summed E-state index contributed by atoms with van der Waals surface area (Å²) in [6, 6.07) is 9.85. The molecule has 0 saturated carbocycles. The second kappa shape index (κ2) is 4.81. The number of hydrogen-bond acceptors (Lipinski definition) is 3. The van der Waals surface area contributed by atoms with E-state index in [1.54, 1.807) is 24.3 Å². The molecule has 100 valence electrons. The number of aromatic hydroxyl groups is 1. The van der Waals surface area contributed by atoms with Gasteiger partial charge < -0.3 is 10.1 Å². The minimum absolute atomic E-state index is 0.100. The SMILES string of the molecule is O=c1[nH]c(-c2cc(Cl)cc(Cl)c2O)nc2ccccc12. The fourth-order valence-corrected chi connectivity index (χ4v) is 2.45. The van der Waals surface area contributed by atoms with Gasteiger partial charge in [0.2, 0.25) is 0 Å². The largest absolute Gasteiger partial charge is 0.506 e. The molecule has 1 aromatic heterocycles. The van der Waals surface area contributed by atoms with E-state index in [1.165, 1.54) is 12.1 Å². The van der Waals surface area contributed by atoms with Crippen molar-refractivity contribution in [1.29, 1.82) is 0 Å². The van der Waals surface area contributed by atoms with Crippen molar-refractivity contribution in [3.8, 4) is 17.1 Å². The van der Waals surface area contributed by atoms with E-state index in [9.17, 15) is 9.90 Å². The van der Waals surface area contributed by atoms with Crippen molar-refractivity contribution in [3.05, 3.63) is 56.8 Å². The molecule has 1 heterocycles. The molecular formula is C14H8Cl2N2O2. The van der Waals surface area contributed by atoms with Crippen molar-refractivity contribution in [2.24, 2.45) is 0 Å². The van der Waals surface area contributed by atoms with Crippen LogP contribution in [0.4, 0.5) is 0 Å². The number of hydrogen-bond donors (Lipinski definition) is 2. The lowest BCUT2D eigenvalue weighted by Crippen LogP contribution is -2.09. The van der Waals surface area contributed by atoms with Crippen LogP contribution in [-0.4, -0.2) is 15.1 Å². The maximum absolute atomic E-state index is 12.0. The summed E-state index contributed by atoms with van der Waals surface area (Å²) < 4.78 is 0. The second-order valence-electron chi connectivity index (χ2n) is 4.22. The third kappa shape index (κ3) is 2.13. The van der Waals surface area contributed by atoms with Crippen LogP contribution in [0, 0.1) is 0 Å². The van der Waals surface area contributed by atoms with Crippen molar-refractivity contribution in [1.82, 2.24) is 9.97 Å². The first-order valence-electron chi connectivity index (χ1n) is 5.73. The molecule has 20 heavy (non-hydrogen) atoms. The molecule has 4 nitrogen and oxygen atoms in total. The van der Waals surface area contributed by atoms with Crippen LogP contribution in [0.2, 0.25) is 10.0 Å². The first kappa shape index (κ1) is 13.0. The molecule has 0 fully saturated rings. The highest BCUT2D eigenvalue weighted by Gasteiger charge is 2.13. The Bertz CT molecular complexity index is 875. The molecule has 2 N–H and O–H groups in total. The van der Waals surface area contributed by atoms with Crippen molar-refractivity contribution >= 4 is 34.1 Å². The van der Waals surface area contributed by atoms with E-state index in [-0.39, 0.29) is 27.7 Å². The summed E-state index contributed by atoms with van der Waals surface area (Å²) in [7, 11) is 0. The summed E-state index contributed by atoms with van der Waals surface area (Å²) in [5, 5.41) is 10.9. The zero-order valence-corrected chi connectivity index (χ0v) is 11.5. The molecular weight excluding hydrogens is 299 g/mol. The van der Waals surface area contributed by atoms with Gasteiger partial charge in [-0.25, -0.2) is 4.98 Å². The lowest BCUT2D eigenvalue weighted by molar-refractivity contribution is 0.477. The van der Waals surface area contributed by atoms with E-state index in [0.717, 1.165) is 0 Å². The van der Waals surface area contributed by atoms with Gasteiger partial charge in [0.1, 0.15) is 11.6 Å². The van der Waals surface area contributed by atoms with Gasteiger partial charge in [0.25, 0.3) is 5.56 Å². The Morgan fingerprint density at radius 3 is 2.70 bits per heavy atom. The molecule has 0 saturated heterocycles. The van der Waals surface area contributed by atoms with Gasteiger partial charge in [-0.3, -0.25) is 4.79 Å². The number of H-pyrrole nitrogens is 1. The number of fused-ring (bicyclic) bond motifs is 1. The molecule has 0 aliphatic rings. The number of aromatic nitrogens is 2. The maximum atomic E-state index is 12.0. The Hall–Kier alpha value is -2.04. The summed E-state index contributed by atoms with van der Waals surface area (Å²) in [4.78, 5) is 18.9. The van der Waals surface area contributed by atoms with E-state index in [0.29, 0.717) is 15.9 Å². The van der Waals surface area contributed by atoms with Gasteiger partial charge in [-0.2, -0.15) is 0 Å². The van der Waals surface area contributed by atoms with Gasteiger partial charge in [0, 0.05) is 5.02 Å². The lowest BCUT2D eigenvalue weighted by atomic mass is 10.1. The molecule has 0 atom stereocenters. The number of aromatic amines is 1. The zero-order valence-electron chi connectivity index (χ0n) is 10.0. The van der Waals surface area contributed by atoms with E-state index >= 15 is 0 Å². The highest BCUT2D eigenvalue weighted by Crippen LogP contribution is 2.36. The van der Waals surface area contributed by atoms with Crippen LogP contribution in [0.15, 0.2) is 41.2 Å². The number of benzene rings is 2. The highest BCUT2D eigenvalue weighted by molar-refractivity contribution is 6.36. The summed E-state index contributed by atoms with van der Waals surface area (Å²) in [5.74, 6) is 0.0464.